The summed E-state index contributed by atoms with van der Waals surface area (Å²) in [6, 6.07) is 9.99. The summed E-state index contributed by atoms with van der Waals surface area (Å²) in [6.45, 7) is 0.354. The van der Waals surface area contributed by atoms with Gasteiger partial charge in [-0.3, -0.25) is 9.78 Å². The summed E-state index contributed by atoms with van der Waals surface area (Å²) < 4.78 is 0. The van der Waals surface area contributed by atoms with Crippen LogP contribution in [0.2, 0.25) is 0 Å². The van der Waals surface area contributed by atoms with Crippen LogP contribution in [-0.4, -0.2) is 17.3 Å². The van der Waals surface area contributed by atoms with Crippen molar-refractivity contribution in [1.29, 1.82) is 0 Å². The molecule has 0 radical (unpaired) electrons. The predicted molar refractivity (Wildman–Crippen MR) is 86.6 cm³/mol. The summed E-state index contributed by atoms with van der Waals surface area (Å²) in [7, 11) is 0. The minimum Gasteiger partial charge on any atom is -0.329 e. The molecule has 21 heavy (non-hydrogen) atoms. The molecular weight excluding hydrogens is 280 g/mol. The number of fused-ring (bicyclic) bond motifs is 1. The fourth-order valence-corrected chi connectivity index (χ4v) is 3.21. The second-order valence-corrected chi connectivity index (χ2v) is 5.83. The van der Waals surface area contributed by atoms with Gasteiger partial charge in [0.25, 0.3) is 0 Å². The zero-order valence-corrected chi connectivity index (χ0v) is 12.3. The lowest BCUT2D eigenvalue weighted by molar-refractivity contribution is -0.119. The van der Waals surface area contributed by atoms with Crippen molar-refractivity contribution in [1.82, 2.24) is 4.98 Å². The summed E-state index contributed by atoms with van der Waals surface area (Å²) in [5.74, 6) is -0.0336. The number of hydrogen-bond donors (Lipinski definition) is 1. The van der Waals surface area contributed by atoms with Crippen LogP contribution in [0, 0.1) is 0 Å². The Labute approximate surface area is 127 Å². The maximum atomic E-state index is 12.5. The molecule has 4 heteroatoms. The molecule has 1 unspecified atom stereocenters. The Morgan fingerprint density at radius 3 is 2.90 bits per heavy atom. The van der Waals surface area contributed by atoms with Gasteiger partial charge >= 0.3 is 0 Å². The van der Waals surface area contributed by atoms with E-state index in [1.165, 1.54) is 0 Å². The number of rotatable bonds is 5. The number of benzene rings is 1. The van der Waals surface area contributed by atoms with E-state index in [4.69, 9.17) is 5.73 Å². The van der Waals surface area contributed by atoms with Crippen LogP contribution in [0.5, 0.6) is 0 Å². The van der Waals surface area contributed by atoms with E-state index in [1.54, 1.807) is 17.5 Å². The van der Waals surface area contributed by atoms with Gasteiger partial charge in [0.2, 0.25) is 0 Å². The summed E-state index contributed by atoms with van der Waals surface area (Å²) in [6.07, 6.45) is 4.01. The van der Waals surface area contributed by atoms with E-state index in [1.807, 2.05) is 41.2 Å². The quantitative estimate of drug-likeness (QED) is 0.787. The highest BCUT2D eigenvalue weighted by Gasteiger charge is 2.19. The van der Waals surface area contributed by atoms with E-state index in [-0.39, 0.29) is 11.7 Å². The van der Waals surface area contributed by atoms with Crippen molar-refractivity contribution in [2.45, 2.75) is 12.3 Å². The van der Waals surface area contributed by atoms with Crippen LogP contribution in [-0.2, 0) is 11.2 Å². The molecule has 2 aromatic heterocycles. The SMILES string of the molecule is NCC(C(=O)Cc1ccc2cnccc2c1)c1ccsc1. The van der Waals surface area contributed by atoms with Gasteiger partial charge in [-0.2, -0.15) is 11.3 Å². The molecule has 0 spiro atoms. The first-order valence-electron chi connectivity index (χ1n) is 6.85. The number of hydrogen-bond acceptors (Lipinski definition) is 4. The van der Waals surface area contributed by atoms with Crippen molar-refractivity contribution in [2.75, 3.05) is 6.54 Å². The highest BCUT2D eigenvalue weighted by atomic mass is 32.1. The minimum absolute atomic E-state index is 0.171. The van der Waals surface area contributed by atoms with Gasteiger partial charge in [0.05, 0.1) is 5.92 Å². The van der Waals surface area contributed by atoms with Gasteiger partial charge in [0.15, 0.2) is 0 Å². The van der Waals surface area contributed by atoms with Crippen molar-refractivity contribution >= 4 is 27.9 Å². The number of thiophene rings is 1. The van der Waals surface area contributed by atoms with Gasteiger partial charge in [-0.05, 0) is 39.4 Å². The number of nitrogens with zero attached hydrogens (tertiary/aromatic N) is 1. The number of ketones is 1. The first-order chi connectivity index (χ1) is 10.3. The molecular formula is C17H16N2OS. The third-order valence-electron chi connectivity index (χ3n) is 3.65. The summed E-state index contributed by atoms with van der Waals surface area (Å²) in [5, 5.41) is 6.17. The molecule has 0 aliphatic carbocycles. The van der Waals surface area contributed by atoms with Crippen molar-refractivity contribution in [3.8, 4) is 0 Å². The van der Waals surface area contributed by atoms with Crippen LogP contribution in [0.15, 0.2) is 53.5 Å². The average molecular weight is 296 g/mol. The summed E-state index contributed by atoms with van der Waals surface area (Å²) in [4.78, 5) is 16.6. The Bertz CT molecular complexity index is 752. The molecule has 3 nitrogen and oxygen atoms in total. The largest absolute Gasteiger partial charge is 0.329 e. The van der Waals surface area contributed by atoms with Crippen LogP contribution >= 0.6 is 11.3 Å². The van der Waals surface area contributed by atoms with Crippen LogP contribution in [0.1, 0.15) is 17.0 Å². The number of carbonyl (C=O) groups is 1. The summed E-state index contributed by atoms with van der Waals surface area (Å²) in [5.41, 5.74) is 7.83. The zero-order chi connectivity index (χ0) is 14.7. The van der Waals surface area contributed by atoms with E-state index >= 15 is 0 Å². The molecule has 0 saturated heterocycles. The lowest BCUT2D eigenvalue weighted by Crippen LogP contribution is -2.22. The molecule has 2 heterocycles. The van der Waals surface area contributed by atoms with Crippen LogP contribution in [0.4, 0.5) is 0 Å². The van der Waals surface area contributed by atoms with Gasteiger partial charge < -0.3 is 5.73 Å². The topological polar surface area (TPSA) is 56.0 Å². The monoisotopic (exact) mass is 296 g/mol. The Balaban J connectivity index is 1.82. The van der Waals surface area contributed by atoms with Crippen molar-refractivity contribution in [3.63, 3.8) is 0 Å². The van der Waals surface area contributed by atoms with Gasteiger partial charge in [0.1, 0.15) is 5.78 Å². The number of nitrogens with two attached hydrogens (primary N) is 1. The van der Waals surface area contributed by atoms with Crippen molar-refractivity contribution in [3.05, 3.63) is 64.6 Å². The molecule has 0 fully saturated rings. The Kier molecular flexibility index (Phi) is 4.08. The molecule has 0 aliphatic heterocycles. The van der Waals surface area contributed by atoms with Gasteiger partial charge in [-0.1, -0.05) is 18.2 Å². The standard InChI is InChI=1S/C17H16N2OS/c18-9-16(15-4-6-21-11-15)17(20)8-12-1-2-14-10-19-5-3-13(14)7-12/h1-7,10-11,16H,8-9,18H2. The minimum atomic E-state index is -0.204. The third-order valence-corrected chi connectivity index (χ3v) is 4.35. The van der Waals surface area contributed by atoms with Crippen molar-refractivity contribution in [2.24, 2.45) is 5.73 Å². The third kappa shape index (κ3) is 3.01. The van der Waals surface area contributed by atoms with Crippen LogP contribution in [0.25, 0.3) is 10.8 Å². The zero-order valence-electron chi connectivity index (χ0n) is 11.5. The smallest absolute Gasteiger partial charge is 0.145 e. The van der Waals surface area contributed by atoms with Crippen LogP contribution < -0.4 is 5.73 Å². The van der Waals surface area contributed by atoms with Gasteiger partial charge in [0, 0.05) is 30.7 Å². The molecule has 106 valence electrons. The first kappa shape index (κ1) is 13.9. The molecule has 0 aliphatic rings. The fraction of sp³-hybridized carbons (Fsp3) is 0.176. The number of carbonyl (C=O) groups excluding carboxylic acids is 1. The van der Waals surface area contributed by atoms with Gasteiger partial charge in [-0.25, -0.2) is 0 Å². The second-order valence-electron chi connectivity index (χ2n) is 5.05. The first-order valence-corrected chi connectivity index (χ1v) is 7.80. The fourth-order valence-electron chi connectivity index (χ4n) is 2.49. The number of pyridine rings is 1. The highest BCUT2D eigenvalue weighted by Crippen LogP contribution is 2.22. The second kappa shape index (κ2) is 6.16. The molecule has 3 rings (SSSR count). The molecule has 0 bridgehead atoms. The summed E-state index contributed by atoms with van der Waals surface area (Å²) >= 11 is 1.59. The molecule has 2 N–H and O–H groups in total. The molecule has 0 amide bonds. The lowest BCUT2D eigenvalue weighted by atomic mass is 9.92. The van der Waals surface area contributed by atoms with E-state index in [2.05, 4.69) is 11.1 Å². The molecule has 1 aromatic carbocycles. The number of aromatic nitrogens is 1. The predicted octanol–water partition coefficient (Wildman–Crippen LogP) is 3.15. The van der Waals surface area contributed by atoms with E-state index in [0.29, 0.717) is 13.0 Å². The normalized spacial score (nSPS) is 12.4. The highest BCUT2D eigenvalue weighted by molar-refractivity contribution is 7.08. The van der Waals surface area contributed by atoms with E-state index in [0.717, 1.165) is 21.9 Å². The lowest BCUT2D eigenvalue weighted by Gasteiger charge is -2.12. The Morgan fingerprint density at radius 2 is 2.14 bits per heavy atom. The van der Waals surface area contributed by atoms with Crippen molar-refractivity contribution < 1.29 is 4.79 Å². The molecule has 3 aromatic rings. The Hall–Kier alpha value is -2.04. The van der Waals surface area contributed by atoms with Gasteiger partial charge in [-0.15, -0.1) is 0 Å². The maximum absolute atomic E-state index is 12.5. The number of Topliss-reactive ketones (excluding diaryl/α,β-unsaturated/α-hetero) is 1. The molecule has 1 atom stereocenters. The van der Waals surface area contributed by atoms with Crippen LogP contribution in [0.3, 0.4) is 0 Å². The van der Waals surface area contributed by atoms with E-state index in [9.17, 15) is 4.79 Å². The average Bonchev–Trinajstić information content (AvgIpc) is 3.02. The Morgan fingerprint density at radius 1 is 1.24 bits per heavy atom. The van der Waals surface area contributed by atoms with E-state index < -0.39 is 0 Å². The maximum Gasteiger partial charge on any atom is 0.145 e. The molecule has 0 saturated carbocycles.